The van der Waals surface area contributed by atoms with Gasteiger partial charge in [-0.05, 0) is 29.9 Å². The Balaban J connectivity index is 2.72. The van der Waals surface area contributed by atoms with Gasteiger partial charge in [0.1, 0.15) is 0 Å². The molecule has 0 atom stereocenters. The molecule has 0 saturated heterocycles. The van der Waals surface area contributed by atoms with Gasteiger partial charge in [0.15, 0.2) is 0 Å². The first-order valence-corrected chi connectivity index (χ1v) is 4.60. The van der Waals surface area contributed by atoms with E-state index < -0.39 is 0 Å². The monoisotopic (exact) mass is 161 g/mol. The van der Waals surface area contributed by atoms with Gasteiger partial charge in [-0.3, -0.25) is 0 Å². The second kappa shape index (κ2) is 4.30. The van der Waals surface area contributed by atoms with E-state index in [0.717, 1.165) is 5.92 Å². The van der Waals surface area contributed by atoms with Gasteiger partial charge in [0.25, 0.3) is 0 Å². The Hall–Kier alpha value is -0.780. The van der Waals surface area contributed by atoms with Gasteiger partial charge >= 0.3 is 0 Å². The van der Waals surface area contributed by atoms with Gasteiger partial charge in [-0.15, -0.1) is 0 Å². The minimum absolute atomic E-state index is 0.747. The van der Waals surface area contributed by atoms with Crippen LogP contribution >= 0.6 is 0 Å². The summed E-state index contributed by atoms with van der Waals surface area (Å²) < 4.78 is 0. The minimum atomic E-state index is 0.747. The Bertz CT molecular complexity index is 236. The van der Waals surface area contributed by atoms with E-state index >= 15 is 0 Å². The van der Waals surface area contributed by atoms with E-state index in [4.69, 9.17) is 0 Å². The van der Waals surface area contributed by atoms with Crippen molar-refractivity contribution in [3.63, 3.8) is 0 Å². The number of hydrogen-bond acceptors (Lipinski definition) is 0. The fraction of sp³-hybridized carbons (Fsp3) is 0.417. The SMILES string of the molecule is C[CH]c1cccc(CC(C)C)c1. The molecule has 0 N–H and O–H groups in total. The molecule has 1 rings (SSSR count). The van der Waals surface area contributed by atoms with Crippen molar-refractivity contribution in [1.82, 2.24) is 0 Å². The highest BCUT2D eigenvalue weighted by atomic mass is 14.0. The third-order valence-corrected chi connectivity index (χ3v) is 1.93. The van der Waals surface area contributed by atoms with Gasteiger partial charge in [0.2, 0.25) is 0 Å². The maximum absolute atomic E-state index is 2.26. The maximum Gasteiger partial charge on any atom is -0.0124 e. The summed E-state index contributed by atoms with van der Waals surface area (Å²) in [6, 6.07) is 8.74. The summed E-state index contributed by atoms with van der Waals surface area (Å²) >= 11 is 0. The predicted molar refractivity (Wildman–Crippen MR) is 54.1 cm³/mol. The van der Waals surface area contributed by atoms with Crippen LogP contribution in [-0.4, -0.2) is 0 Å². The van der Waals surface area contributed by atoms with E-state index in [1.54, 1.807) is 0 Å². The molecule has 0 saturated carbocycles. The van der Waals surface area contributed by atoms with Crippen molar-refractivity contribution < 1.29 is 0 Å². The van der Waals surface area contributed by atoms with Crippen molar-refractivity contribution in [2.24, 2.45) is 5.92 Å². The molecule has 0 aromatic heterocycles. The van der Waals surface area contributed by atoms with Crippen LogP contribution in [0.1, 0.15) is 31.9 Å². The Labute approximate surface area is 75.6 Å². The minimum Gasteiger partial charge on any atom is -0.0625 e. The van der Waals surface area contributed by atoms with Crippen LogP contribution in [-0.2, 0) is 6.42 Å². The summed E-state index contributed by atoms with van der Waals surface area (Å²) in [7, 11) is 0. The van der Waals surface area contributed by atoms with Crippen molar-refractivity contribution in [2.75, 3.05) is 0 Å². The molecule has 12 heavy (non-hydrogen) atoms. The molecule has 1 aromatic rings. The Morgan fingerprint density at radius 2 is 2.08 bits per heavy atom. The molecule has 1 radical (unpaired) electrons. The van der Waals surface area contributed by atoms with Crippen molar-refractivity contribution >= 4 is 0 Å². The zero-order valence-electron chi connectivity index (χ0n) is 8.17. The van der Waals surface area contributed by atoms with Crippen LogP contribution < -0.4 is 0 Å². The summed E-state index contributed by atoms with van der Waals surface area (Å²) in [6.07, 6.45) is 3.32. The molecule has 0 unspecified atom stereocenters. The zero-order chi connectivity index (χ0) is 8.97. The summed E-state index contributed by atoms with van der Waals surface area (Å²) in [4.78, 5) is 0. The standard InChI is InChI=1S/C12H17/c1-4-11-6-5-7-12(9-11)8-10(2)3/h4-7,9-10H,8H2,1-3H3. The molecule has 0 amide bonds. The Morgan fingerprint density at radius 1 is 1.33 bits per heavy atom. The number of rotatable bonds is 3. The van der Waals surface area contributed by atoms with Crippen molar-refractivity contribution in [2.45, 2.75) is 27.2 Å². The van der Waals surface area contributed by atoms with E-state index in [-0.39, 0.29) is 0 Å². The molecule has 0 aliphatic rings. The van der Waals surface area contributed by atoms with Crippen LogP contribution in [0.15, 0.2) is 24.3 Å². The Kier molecular flexibility index (Phi) is 3.33. The molecule has 1 aromatic carbocycles. The summed E-state index contributed by atoms with van der Waals surface area (Å²) in [5.41, 5.74) is 2.77. The number of benzene rings is 1. The average Bonchev–Trinajstić information content (AvgIpc) is 2.03. The fourth-order valence-corrected chi connectivity index (χ4v) is 1.37. The first kappa shape index (κ1) is 9.31. The molecular weight excluding hydrogens is 144 g/mol. The van der Waals surface area contributed by atoms with Gasteiger partial charge in [0, 0.05) is 0 Å². The molecule has 0 bridgehead atoms. The van der Waals surface area contributed by atoms with Gasteiger partial charge in [-0.25, -0.2) is 0 Å². The lowest BCUT2D eigenvalue weighted by atomic mass is 10.0. The van der Waals surface area contributed by atoms with Gasteiger partial charge in [-0.2, -0.15) is 0 Å². The van der Waals surface area contributed by atoms with E-state index in [0.29, 0.717) is 0 Å². The van der Waals surface area contributed by atoms with Crippen LogP contribution in [0, 0.1) is 12.3 Å². The topological polar surface area (TPSA) is 0 Å². The molecule has 65 valence electrons. The van der Waals surface area contributed by atoms with Crippen LogP contribution in [0.5, 0.6) is 0 Å². The van der Waals surface area contributed by atoms with E-state index in [9.17, 15) is 0 Å². The lowest BCUT2D eigenvalue weighted by molar-refractivity contribution is 0.647. The van der Waals surface area contributed by atoms with Gasteiger partial charge in [-0.1, -0.05) is 45.0 Å². The second-order valence-electron chi connectivity index (χ2n) is 3.63. The zero-order valence-corrected chi connectivity index (χ0v) is 8.17. The van der Waals surface area contributed by atoms with E-state index in [1.165, 1.54) is 17.5 Å². The lowest BCUT2D eigenvalue weighted by Crippen LogP contribution is -1.94. The molecule has 0 nitrogen and oxygen atoms in total. The summed E-state index contributed by atoms with van der Waals surface area (Å²) in [6.45, 7) is 6.58. The van der Waals surface area contributed by atoms with Crippen LogP contribution in [0.4, 0.5) is 0 Å². The van der Waals surface area contributed by atoms with Crippen molar-refractivity contribution in [3.05, 3.63) is 41.8 Å². The average molecular weight is 161 g/mol. The fourth-order valence-electron chi connectivity index (χ4n) is 1.37. The van der Waals surface area contributed by atoms with E-state index in [2.05, 4.69) is 51.5 Å². The quantitative estimate of drug-likeness (QED) is 0.637. The molecule has 0 heteroatoms. The highest BCUT2D eigenvalue weighted by Crippen LogP contribution is 2.11. The lowest BCUT2D eigenvalue weighted by Gasteiger charge is -2.05. The molecule has 0 fully saturated rings. The smallest absolute Gasteiger partial charge is 0.0124 e. The molecule has 0 spiro atoms. The van der Waals surface area contributed by atoms with Crippen LogP contribution in [0.25, 0.3) is 0 Å². The van der Waals surface area contributed by atoms with Crippen LogP contribution in [0.3, 0.4) is 0 Å². The highest BCUT2D eigenvalue weighted by Gasteiger charge is 1.97. The van der Waals surface area contributed by atoms with Crippen LogP contribution in [0.2, 0.25) is 0 Å². The van der Waals surface area contributed by atoms with Crippen molar-refractivity contribution in [3.8, 4) is 0 Å². The number of hydrogen-bond donors (Lipinski definition) is 0. The second-order valence-corrected chi connectivity index (χ2v) is 3.63. The molecular formula is C12H17. The Morgan fingerprint density at radius 3 is 2.67 bits per heavy atom. The predicted octanol–water partition coefficient (Wildman–Crippen LogP) is 3.46. The molecule has 0 aliphatic heterocycles. The third-order valence-electron chi connectivity index (χ3n) is 1.93. The normalized spacial score (nSPS) is 10.7. The van der Waals surface area contributed by atoms with Gasteiger partial charge in [0.05, 0.1) is 0 Å². The van der Waals surface area contributed by atoms with Crippen molar-refractivity contribution in [1.29, 1.82) is 0 Å². The maximum atomic E-state index is 2.26. The first-order chi connectivity index (χ1) is 5.72. The van der Waals surface area contributed by atoms with E-state index in [1.807, 2.05) is 0 Å². The first-order valence-electron chi connectivity index (χ1n) is 4.60. The molecule has 0 aliphatic carbocycles. The third kappa shape index (κ3) is 2.69. The van der Waals surface area contributed by atoms with Gasteiger partial charge < -0.3 is 0 Å². The summed E-state index contributed by atoms with van der Waals surface area (Å²) in [5, 5.41) is 0. The molecule has 0 heterocycles. The summed E-state index contributed by atoms with van der Waals surface area (Å²) in [5.74, 6) is 0.747. The largest absolute Gasteiger partial charge is 0.0625 e. The highest BCUT2D eigenvalue weighted by molar-refractivity contribution is 5.28.